The highest BCUT2D eigenvalue weighted by Gasteiger charge is 2.34. The van der Waals surface area contributed by atoms with E-state index in [2.05, 4.69) is 0 Å². The maximum atomic E-state index is 13.0. The van der Waals surface area contributed by atoms with Gasteiger partial charge >= 0.3 is 6.18 Å². The molecule has 0 saturated heterocycles. The zero-order chi connectivity index (χ0) is 10.9. The van der Waals surface area contributed by atoms with Crippen molar-refractivity contribution in [1.29, 1.82) is 0 Å². The molecule has 3 N–H and O–H groups in total. The molecule has 14 heavy (non-hydrogen) atoms. The van der Waals surface area contributed by atoms with Crippen LogP contribution in [0.15, 0.2) is 12.1 Å². The van der Waals surface area contributed by atoms with Crippen LogP contribution in [0.3, 0.4) is 0 Å². The summed E-state index contributed by atoms with van der Waals surface area (Å²) in [5.41, 5.74) is 2.47. The van der Waals surface area contributed by atoms with E-state index in [4.69, 9.17) is 10.8 Å². The van der Waals surface area contributed by atoms with Crippen molar-refractivity contribution >= 4 is 5.69 Å². The van der Waals surface area contributed by atoms with Gasteiger partial charge in [0, 0.05) is 5.56 Å². The largest absolute Gasteiger partial charge is 0.418 e. The van der Waals surface area contributed by atoms with E-state index >= 15 is 0 Å². The standard InChI is InChI=1S/C8H7F4NO/c9-6-4(3-14)1-2-5(7(6)13)8(10,11)12/h1-2,14H,3,13H2. The van der Waals surface area contributed by atoms with E-state index in [-0.39, 0.29) is 5.56 Å². The molecule has 0 atom stereocenters. The van der Waals surface area contributed by atoms with Crippen molar-refractivity contribution in [1.82, 2.24) is 0 Å². The zero-order valence-corrected chi connectivity index (χ0v) is 6.90. The van der Waals surface area contributed by atoms with Crippen molar-refractivity contribution in [2.75, 3.05) is 5.73 Å². The summed E-state index contributed by atoms with van der Waals surface area (Å²) < 4.78 is 49.5. The molecule has 1 aromatic rings. The van der Waals surface area contributed by atoms with Crippen molar-refractivity contribution in [2.45, 2.75) is 12.8 Å². The zero-order valence-electron chi connectivity index (χ0n) is 6.90. The number of benzene rings is 1. The van der Waals surface area contributed by atoms with Crippen molar-refractivity contribution in [3.8, 4) is 0 Å². The first-order valence-electron chi connectivity index (χ1n) is 3.63. The summed E-state index contributed by atoms with van der Waals surface area (Å²) in [7, 11) is 0. The predicted octanol–water partition coefficient (Wildman–Crippen LogP) is 1.92. The Morgan fingerprint density at radius 2 is 1.86 bits per heavy atom. The van der Waals surface area contributed by atoms with Crippen molar-refractivity contribution in [2.24, 2.45) is 0 Å². The topological polar surface area (TPSA) is 46.2 Å². The smallest absolute Gasteiger partial charge is 0.396 e. The summed E-state index contributed by atoms with van der Waals surface area (Å²) >= 11 is 0. The van der Waals surface area contributed by atoms with Gasteiger partial charge in [0.1, 0.15) is 0 Å². The fourth-order valence-corrected chi connectivity index (χ4v) is 1.01. The highest BCUT2D eigenvalue weighted by Crippen LogP contribution is 2.35. The van der Waals surface area contributed by atoms with Gasteiger partial charge in [-0.15, -0.1) is 0 Å². The van der Waals surface area contributed by atoms with Crippen LogP contribution in [-0.2, 0) is 12.8 Å². The summed E-state index contributed by atoms with van der Waals surface area (Å²) in [6.45, 7) is -0.686. The monoisotopic (exact) mass is 209 g/mol. The third-order valence-corrected chi connectivity index (χ3v) is 1.74. The lowest BCUT2D eigenvalue weighted by atomic mass is 10.1. The number of anilines is 1. The molecular weight excluding hydrogens is 202 g/mol. The van der Waals surface area contributed by atoms with E-state index < -0.39 is 29.9 Å². The molecular formula is C8H7F4NO. The molecule has 0 radical (unpaired) electrons. The predicted molar refractivity (Wildman–Crippen MR) is 41.7 cm³/mol. The number of nitrogen functional groups attached to an aromatic ring is 1. The molecule has 1 aromatic carbocycles. The number of hydrogen-bond donors (Lipinski definition) is 2. The Labute approximate surface area is 77.0 Å². The number of aliphatic hydroxyl groups is 1. The minimum Gasteiger partial charge on any atom is -0.396 e. The first-order valence-corrected chi connectivity index (χ1v) is 3.63. The average Bonchev–Trinajstić information content (AvgIpc) is 2.07. The third-order valence-electron chi connectivity index (χ3n) is 1.74. The van der Waals surface area contributed by atoms with Gasteiger partial charge in [0.05, 0.1) is 17.9 Å². The molecule has 0 aliphatic carbocycles. The normalized spacial score (nSPS) is 11.8. The Morgan fingerprint density at radius 3 is 2.29 bits per heavy atom. The molecule has 0 fully saturated rings. The first kappa shape index (κ1) is 10.8. The molecule has 1 rings (SSSR count). The van der Waals surface area contributed by atoms with Crippen molar-refractivity contribution in [3.63, 3.8) is 0 Å². The van der Waals surface area contributed by atoms with Crippen LogP contribution in [-0.4, -0.2) is 5.11 Å². The van der Waals surface area contributed by atoms with Crippen LogP contribution in [0, 0.1) is 5.82 Å². The summed E-state index contributed by atoms with van der Waals surface area (Å²) in [4.78, 5) is 0. The second-order valence-corrected chi connectivity index (χ2v) is 2.66. The summed E-state index contributed by atoms with van der Waals surface area (Å²) in [6, 6.07) is 1.50. The van der Waals surface area contributed by atoms with Gasteiger partial charge in [-0.3, -0.25) is 0 Å². The van der Waals surface area contributed by atoms with E-state index in [1.807, 2.05) is 0 Å². The number of alkyl halides is 3. The number of rotatable bonds is 1. The van der Waals surface area contributed by atoms with Crippen LogP contribution in [0.2, 0.25) is 0 Å². The quantitative estimate of drug-likeness (QED) is 0.548. The van der Waals surface area contributed by atoms with Gasteiger partial charge in [0.25, 0.3) is 0 Å². The Hall–Kier alpha value is -1.30. The summed E-state index contributed by atoms with van der Waals surface area (Å²) in [5, 5.41) is 8.56. The Bertz CT molecular complexity index is 348. The molecule has 0 aromatic heterocycles. The maximum Gasteiger partial charge on any atom is 0.418 e. The molecule has 2 nitrogen and oxygen atoms in total. The highest BCUT2D eigenvalue weighted by atomic mass is 19.4. The molecule has 0 amide bonds. The third kappa shape index (κ3) is 1.79. The van der Waals surface area contributed by atoms with Gasteiger partial charge in [0.15, 0.2) is 5.82 Å². The maximum absolute atomic E-state index is 13.0. The lowest BCUT2D eigenvalue weighted by Crippen LogP contribution is -2.11. The number of aliphatic hydroxyl groups excluding tert-OH is 1. The van der Waals surface area contributed by atoms with Crippen molar-refractivity contribution < 1.29 is 22.7 Å². The van der Waals surface area contributed by atoms with E-state index in [9.17, 15) is 17.6 Å². The Morgan fingerprint density at radius 1 is 1.29 bits per heavy atom. The van der Waals surface area contributed by atoms with Gasteiger partial charge < -0.3 is 10.8 Å². The molecule has 0 aliphatic heterocycles. The second kappa shape index (κ2) is 3.45. The van der Waals surface area contributed by atoms with Gasteiger partial charge in [-0.2, -0.15) is 13.2 Å². The molecule has 0 saturated carbocycles. The molecule has 78 valence electrons. The lowest BCUT2D eigenvalue weighted by molar-refractivity contribution is -0.137. The van der Waals surface area contributed by atoms with E-state index in [0.29, 0.717) is 6.07 Å². The van der Waals surface area contributed by atoms with Crippen molar-refractivity contribution in [3.05, 3.63) is 29.1 Å². The average molecular weight is 209 g/mol. The van der Waals surface area contributed by atoms with E-state index in [1.54, 1.807) is 0 Å². The van der Waals surface area contributed by atoms with Gasteiger partial charge in [-0.1, -0.05) is 6.07 Å². The number of hydrogen-bond acceptors (Lipinski definition) is 2. The number of halogens is 4. The summed E-state index contributed by atoms with van der Waals surface area (Å²) in [6.07, 6.45) is -4.68. The number of nitrogens with two attached hydrogens (primary N) is 1. The van der Waals surface area contributed by atoms with Gasteiger partial charge in [-0.05, 0) is 6.07 Å². The molecule has 0 spiro atoms. The van der Waals surface area contributed by atoms with Gasteiger partial charge in [-0.25, -0.2) is 4.39 Å². The Kier molecular flexibility index (Phi) is 2.66. The van der Waals surface area contributed by atoms with Crippen LogP contribution in [0.4, 0.5) is 23.2 Å². The molecule has 0 unspecified atom stereocenters. The molecule has 0 bridgehead atoms. The fourth-order valence-electron chi connectivity index (χ4n) is 1.01. The molecule has 0 heterocycles. The minimum atomic E-state index is -4.68. The van der Waals surface area contributed by atoms with Crippen LogP contribution in [0.1, 0.15) is 11.1 Å². The van der Waals surface area contributed by atoms with Gasteiger partial charge in [0.2, 0.25) is 0 Å². The molecule has 0 aliphatic rings. The highest BCUT2D eigenvalue weighted by molar-refractivity contribution is 5.52. The van der Waals surface area contributed by atoms with Crippen LogP contribution < -0.4 is 5.73 Å². The second-order valence-electron chi connectivity index (χ2n) is 2.66. The van der Waals surface area contributed by atoms with Crippen LogP contribution in [0.5, 0.6) is 0 Å². The van der Waals surface area contributed by atoms with Crippen LogP contribution >= 0.6 is 0 Å². The lowest BCUT2D eigenvalue weighted by Gasteiger charge is -2.11. The van der Waals surface area contributed by atoms with E-state index in [1.165, 1.54) is 0 Å². The molecule has 6 heteroatoms. The van der Waals surface area contributed by atoms with Crippen LogP contribution in [0.25, 0.3) is 0 Å². The first-order chi connectivity index (χ1) is 6.38. The summed E-state index contributed by atoms with van der Waals surface area (Å²) in [5.74, 6) is -1.22. The fraction of sp³-hybridized carbons (Fsp3) is 0.250. The van der Waals surface area contributed by atoms with E-state index in [0.717, 1.165) is 6.07 Å². The SMILES string of the molecule is Nc1c(C(F)(F)F)ccc(CO)c1F. The minimum absolute atomic E-state index is 0.254. The Balaban J connectivity index is 3.31.